The molecule has 1 aliphatic rings. The average molecular weight is 390 g/mol. The summed E-state index contributed by atoms with van der Waals surface area (Å²) in [6.07, 6.45) is 2.50. The van der Waals surface area contributed by atoms with E-state index in [4.69, 9.17) is 0 Å². The summed E-state index contributed by atoms with van der Waals surface area (Å²) in [5.41, 5.74) is 1.53. The number of benzene rings is 1. The molecule has 0 radical (unpaired) electrons. The minimum atomic E-state index is -3.39. The molecule has 1 aromatic carbocycles. The molecule has 1 saturated carbocycles. The lowest BCUT2D eigenvalue weighted by atomic mass is 10.1. The van der Waals surface area contributed by atoms with E-state index in [2.05, 4.69) is 15.4 Å². The van der Waals surface area contributed by atoms with E-state index < -0.39 is 10.0 Å². The van der Waals surface area contributed by atoms with Crippen molar-refractivity contribution in [2.24, 2.45) is 5.92 Å². The highest BCUT2D eigenvalue weighted by molar-refractivity contribution is 7.88. The quantitative estimate of drug-likeness (QED) is 0.566. The van der Waals surface area contributed by atoms with Crippen LogP contribution < -0.4 is 15.4 Å². The fraction of sp³-hybridized carbons (Fsp3) is 0.588. The number of nitrogens with one attached hydrogen (secondary N) is 3. The first kappa shape index (κ1) is 21.9. The molecule has 2 rings (SSSR count). The largest absolute Gasteiger partial charge is 0.351 e. The number of carbonyl (C=O) groups excluding carboxylic acids is 1. The Labute approximate surface area is 156 Å². The first-order valence-electron chi connectivity index (χ1n) is 8.40. The average Bonchev–Trinajstić information content (AvgIpc) is 3.28. The van der Waals surface area contributed by atoms with E-state index in [1.807, 2.05) is 18.2 Å². The lowest BCUT2D eigenvalue weighted by Gasteiger charge is -2.13. The third-order valence-electron chi connectivity index (χ3n) is 3.77. The van der Waals surface area contributed by atoms with Crippen LogP contribution in [-0.2, 0) is 27.1 Å². The van der Waals surface area contributed by atoms with E-state index in [0.717, 1.165) is 18.0 Å². The third kappa shape index (κ3) is 8.67. The summed E-state index contributed by atoms with van der Waals surface area (Å²) in [7, 11) is -3.39. The van der Waals surface area contributed by atoms with Gasteiger partial charge in [0.2, 0.25) is 15.9 Å². The van der Waals surface area contributed by atoms with Gasteiger partial charge in [-0.05, 0) is 50.3 Å². The highest BCUT2D eigenvalue weighted by Gasteiger charge is 2.20. The monoisotopic (exact) mass is 389 g/mol. The van der Waals surface area contributed by atoms with E-state index in [1.165, 1.54) is 12.8 Å². The zero-order valence-corrected chi connectivity index (χ0v) is 16.4. The minimum Gasteiger partial charge on any atom is -0.351 e. The molecule has 1 fully saturated rings. The Balaban J connectivity index is 0.00000312. The van der Waals surface area contributed by atoms with Gasteiger partial charge in [-0.25, -0.2) is 13.1 Å². The van der Waals surface area contributed by atoms with Crippen molar-refractivity contribution in [3.63, 3.8) is 0 Å². The van der Waals surface area contributed by atoms with E-state index in [9.17, 15) is 13.2 Å². The number of amides is 1. The number of hydrogen-bond acceptors (Lipinski definition) is 4. The number of halogens is 1. The second-order valence-electron chi connectivity index (χ2n) is 6.65. The molecule has 1 aromatic rings. The standard InChI is InChI=1S/C17H27N3O3S.ClH/c1-13(2)20-24(22,23)12-16-6-4-3-5-15(16)10-19-17(21)11-18-9-14-7-8-14;/h3-6,13-14,18,20H,7-12H2,1-2H3,(H,19,21);1H. The van der Waals surface area contributed by atoms with Crippen molar-refractivity contribution in [3.05, 3.63) is 35.4 Å². The summed E-state index contributed by atoms with van der Waals surface area (Å²) in [5.74, 6) is 0.572. The molecule has 0 bridgehead atoms. The van der Waals surface area contributed by atoms with Crippen LogP contribution in [0.25, 0.3) is 0 Å². The summed E-state index contributed by atoms with van der Waals surface area (Å²) in [6.45, 7) is 5.10. The molecule has 0 saturated heterocycles. The van der Waals surface area contributed by atoms with Crippen LogP contribution in [0.2, 0.25) is 0 Å². The first-order valence-corrected chi connectivity index (χ1v) is 10.0. The topological polar surface area (TPSA) is 87.3 Å². The van der Waals surface area contributed by atoms with Gasteiger partial charge in [0.15, 0.2) is 0 Å². The van der Waals surface area contributed by atoms with E-state index in [-0.39, 0.29) is 30.1 Å². The third-order valence-corrected chi connectivity index (χ3v) is 5.29. The molecule has 0 aromatic heterocycles. The van der Waals surface area contributed by atoms with E-state index in [0.29, 0.717) is 18.7 Å². The second kappa shape index (κ2) is 10.1. The Hall–Kier alpha value is -1.15. The van der Waals surface area contributed by atoms with Crippen molar-refractivity contribution in [3.8, 4) is 0 Å². The number of rotatable bonds is 10. The van der Waals surface area contributed by atoms with Gasteiger partial charge in [-0.3, -0.25) is 4.79 Å². The zero-order valence-electron chi connectivity index (χ0n) is 14.7. The van der Waals surface area contributed by atoms with Crippen molar-refractivity contribution in [2.75, 3.05) is 13.1 Å². The molecular formula is C17H28ClN3O3S. The maximum absolute atomic E-state index is 12.1. The predicted octanol–water partition coefficient (Wildman–Crippen LogP) is 1.55. The molecule has 0 atom stereocenters. The van der Waals surface area contributed by atoms with Crippen molar-refractivity contribution in [1.29, 1.82) is 0 Å². The fourth-order valence-corrected chi connectivity index (χ4v) is 3.94. The van der Waals surface area contributed by atoms with Crippen molar-refractivity contribution < 1.29 is 13.2 Å². The van der Waals surface area contributed by atoms with Gasteiger partial charge in [-0.2, -0.15) is 0 Å². The number of carbonyl (C=O) groups is 1. The Morgan fingerprint density at radius 3 is 2.44 bits per heavy atom. The molecule has 1 amide bonds. The van der Waals surface area contributed by atoms with Crippen LogP contribution in [0.3, 0.4) is 0 Å². The minimum absolute atomic E-state index is 0. The van der Waals surface area contributed by atoms with Crippen LogP contribution in [0.1, 0.15) is 37.8 Å². The van der Waals surface area contributed by atoms with Gasteiger partial charge in [0.25, 0.3) is 0 Å². The Bertz CT molecular complexity index is 661. The van der Waals surface area contributed by atoms with Gasteiger partial charge in [0, 0.05) is 12.6 Å². The maximum Gasteiger partial charge on any atom is 0.234 e. The molecule has 142 valence electrons. The Kier molecular flexibility index (Phi) is 8.85. The molecule has 25 heavy (non-hydrogen) atoms. The van der Waals surface area contributed by atoms with Crippen LogP contribution in [0.15, 0.2) is 24.3 Å². The van der Waals surface area contributed by atoms with Crippen molar-refractivity contribution in [2.45, 2.75) is 45.0 Å². The van der Waals surface area contributed by atoms with Crippen LogP contribution in [0.5, 0.6) is 0 Å². The Morgan fingerprint density at radius 1 is 1.20 bits per heavy atom. The molecular weight excluding hydrogens is 362 g/mol. The van der Waals surface area contributed by atoms with Gasteiger partial charge in [-0.1, -0.05) is 24.3 Å². The van der Waals surface area contributed by atoms with Crippen LogP contribution in [-0.4, -0.2) is 33.5 Å². The van der Waals surface area contributed by atoms with E-state index in [1.54, 1.807) is 19.9 Å². The van der Waals surface area contributed by atoms with Crippen LogP contribution >= 0.6 is 12.4 Å². The Morgan fingerprint density at radius 2 is 1.84 bits per heavy atom. The highest BCUT2D eigenvalue weighted by atomic mass is 35.5. The van der Waals surface area contributed by atoms with Crippen molar-refractivity contribution >= 4 is 28.3 Å². The van der Waals surface area contributed by atoms with Gasteiger partial charge < -0.3 is 10.6 Å². The van der Waals surface area contributed by atoms with E-state index >= 15 is 0 Å². The summed E-state index contributed by atoms with van der Waals surface area (Å²) >= 11 is 0. The van der Waals surface area contributed by atoms with Gasteiger partial charge in [-0.15, -0.1) is 12.4 Å². The molecule has 3 N–H and O–H groups in total. The van der Waals surface area contributed by atoms with Crippen molar-refractivity contribution in [1.82, 2.24) is 15.4 Å². The zero-order chi connectivity index (χ0) is 17.6. The molecule has 0 spiro atoms. The lowest BCUT2D eigenvalue weighted by molar-refractivity contribution is -0.120. The highest BCUT2D eigenvalue weighted by Crippen LogP contribution is 2.27. The fourth-order valence-electron chi connectivity index (χ4n) is 2.44. The van der Waals surface area contributed by atoms with Crippen LogP contribution in [0.4, 0.5) is 0 Å². The molecule has 0 unspecified atom stereocenters. The number of sulfonamides is 1. The summed E-state index contributed by atoms with van der Waals surface area (Å²) in [6, 6.07) is 7.14. The van der Waals surface area contributed by atoms with Crippen LogP contribution in [0, 0.1) is 5.92 Å². The SMILES string of the molecule is CC(C)NS(=O)(=O)Cc1ccccc1CNC(=O)CNCC1CC1.Cl. The lowest BCUT2D eigenvalue weighted by Crippen LogP contribution is -2.35. The molecule has 8 heteroatoms. The van der Waals surface area contributed by atoms with Gasteiger partial charge in [0.1, 0.15) is 0 Å². The molecule has 0 aliphatic heterocycles. The van der Waals surface area contributed by atoms with Gasteiger partial charge >= 0.3 is 0 Å². The molecule has 1 aliphatic carbocycles. The molecule has 0 heterocycles. The number of hydrogen-bond donors (Lipinski definition) is 3. The predicted molar refractivity (Wildman–Crippen MR) is 102 cm³/mol. The maximum atomic E-state index is 12.1. The summed E-state index contributed by atoms with van der Waals surface area (Å²) in [5, 5.41) is 5.98. The smallest absolute Gasteiger partial charge is 0.234 e. The van der Waals surface area contributed by atoms with Gasteiger partial charge in [0.05, 0.1) is 12.3 Å². The summed E-state index contributed by atoms with van der Waals surface area (Å²) < 4.78 is 26.8. The normalized spacial score (nSPS) is 14.2. The first-order chi connectivity index (χ1) is 11.4. The summed E-state index contributed by atoms with van der Waals surface area (Å²) in [4.78, 5) is 11.9. The molecule has 6 nitrogen and oxygen atoms in total. The second-order valence-corrected chi connectivity index (χ2v) is 8.41.